The number of phosphoric ester groups is 1. The van der Waals surface area contributed by atoms with Crippen molar-refractivity contribution < 1.29 is 33.8 Å². The summed E-state index contributed by atoms with van der Waals surface area (Å²) in [5, 5.41) is 18.4. The number of terminal acetylenes is 1. The molecule has 0 aromatic heterocycles. The van der Waals surface area contributed by atoms with Gasteiger partial charge in [-0.25, -0.2) is 0 Å². The van der Waals surface area contributed by atoms with Gasteiger partial charge < -0.3 is 33.8 Å². The molecule has 0 spiro atoms. The van der Waals surface area contributed by atoms with Crippen molar-refractivity contribution in [2.24, 2.45) is 0 Å². The maximum absolute atomic E-state index is 10.2. The van der Waals surface area contributed by atoms with Gasteiger partial charge in [0.15, 0.2) is 11.9 Å². The van der Waals surface area contributed by atoms with E-state index in [1.165, 1.54) is 0 Å². The molecule has 0 amide bonds. The summed E-state index contributed by atoms with van der Waals surface area (Å²) in [5.74, 6) is 1.97. The van der Waals surface area contributed by atoms with Crippen LogP contribution in [-0.2, 0) is 13.8 Å². The molecule has 2 N–H and O–H groups in total. The van der Waals surface area contributed by atoms with Crippen molar-refractivity contribution in [2.75, 3.05) is 6.61 Å². The summed E-state index contributed by atoms with van der Waals surface area (Å²) in [6, 6.07) is 0. The first kappa shape index (κ1) is 16.8. The summed E-state index contributed by atoms with van der Waals surface area (Å²) in [5.41, 5.74) is -1.79. The standard InChI is InChI=1S/C7H11O7P.Ca/c1-2-7(4-13-15(10,11)12)5(8)3-6(9)14-7;/h1,5-6,8-9H,3-4H2,(H2,10,11,12);/q;+2/p-2/t5-,6?,7+;/m0./s1. The molecule has 1 rings (SSSR count). The van der Waals surface area contributed by atoms with E-state index in [2.05, 4.69) is 4.52 Å². The fraction of sp³-hybridized carbons (Fsp3) is 0.714. The third-order valence-corrected chi connectivity index (χ3v) is 2.44. The molecule has 1 fully saturated rings. The third-order valence-electron chi connectivity index (χ3n) is 1.99. The Morgan fingerprint density at radius 3 is 2.50 bits per heavy atom. The van der Waals surface area contributed by atoms with Crippen LogP contribution >= 0.6 is 7.82 Å². The van der Waals surface area contributed by atoms with Gasteiger partial charge in [-0.2, -0.15) is 0 Å². The number of phosphoric acid groups is 1. The Bertz CT molecular complexity index is 323. The zero-order valence-electron chi connectivity index (χ0n) is 8.24. The van der Waals surface area contributed by atoms with Crippen molar-refractivity contribution in [3.8, 4) is 12.3 Å². The third kappa shape index (κ3) is 4.24. The van der Waals surface area contributed by atoms with E-state index in [-0.39, 0.29) is 44.2 Å². The number of ether oxygens (including phenoxy) is 1. The molecule has 0 saturated carbocycles. The van der Waals surface area contributed by atoms with Gasteiger partial charge in [0, 0.05) is 6.42 Å². The van der Waals surface area contributed by atoms with E-state index in [9.17, 15) is 19.5 Å². The maximum atomic E-state index is 10.2. The molecule has 9 heteroatoms. The van der Waals surface area contributed by atoms with Crippen molar-refractivity contribution in [1.82, 2.24) is 0 Å². The largest absolute Gasteiger partial charge is 2.00 e. The van der Waals surface area contributed by atoms with Gasteiger partial charge in [-0.05, 0) is 0 Å². The van der Waals surface area contributed by atoms with Gasteiger partial charge in [0.1, 0.15) is 6.10 Å². The Hall–Kier alpha value is 0.810. The molecule has 0 bridgehead atoms. The van der Waals surface area contributed by atoms with E-state index in [1.807, 2.05) is 5.92 Å². The predicted octanol–water partition coefficient (Wildman–Crippen LogP) is -3.08. The summed E-state index contributed by atoms with van der Waals surface area (Å²) in [6.07, 6.45) is 2.26. The zero-order chi connectivity index (χ0) is 11.7. The number of aliphatic hydroxyl groups excluding tert-OH is 2. The predicted molar refractivity (Wildman–Crippen MR) is 48.6 cm³/mol. The monoisotopic (exact) mass is 276 g/mol. The van der Waals surface area contributed by atoms with Crippen LogP contribution in [0, 0.1) is 12.3 Å². The summed E-state index contributed by atoms with van der Waals surface area (Å²) in [6.45, 7) is -0.813. The molecule has 1 heterocycles. The molecule has 1 saturated heterocycles. The fourth-order valence-corrected chi connectivity index (χ4v) is 1.58. The van der Waals surface area contributed by atoms with E-state index in [1.54, 1.807) is 0 Å². The Labute approximate surface area is 122 Å². The fourth-order valence-electron chi connectivity index (χ4n) is 1.23. The summed E-state index contributed by atoms with van der Waals surface area (Å²) in [4.78, 5) is 20.4. The van der Waals surface area contributed by atoms with Crippen LogP contribution < -0.4 is 9.79 Å². The molecular weight excluding hydrogens is 267 g/mol. The number of aliphatic hydroxyl groups is 2. The zero-order valence-corrected chi connectivity index (χ0v) is 11.3. The van der Waals surface area contributed by atoms with E-state index in [0.717, 1.165) is 0 Å². The molecule has 1 aliphatic rings. The van der Waals surface area contributed by atoms with Crippen LogP contribution in [0.25, 0.3) is 0 Å². The summed E-state index contributed by atoms with van der Waals surface area (Å²) >= 11 is 0. The molecule has 7 nitrogen and oxygen atoms in total. The summed E-state index contributed by atoms with van der Waals surface area (Å²) in [7, 11) is -5.19. The van der Waals surface area contributed by atoms with Crippen molar-refractivity contribution in [3.05, 3.63) is 0 Å². The van der Waals surface area contributed by atoms with Crippen LogP contribution in [0.3, 0.4) is 0 Å². The SMILES string of the molecule is C#C[C@]1(COP(=O)([O-])[O-])OC(O)C[C@@H]1O.[Ca+2]. The molecule has 1 unspecified atom stereocenters. The maximum Gasteiger partial charge on any atom is 2.00 e. The van der Waals surface area contributed by atoms with Gasteiger partial charge >= 0.3 is 37.7 Å². The Kier molecular flexibility index (Phi) is 6.43. The van der Waals surface area contributed by atoms with Crippen LogP contribution in [0.15, 0.2) is 0 Å². The topological polar surface area (TPSA) is 122 Å². The van der Waals surface area contributed by atoms with Crippen molar-refractivity contribution in [2.45, 2.75) is 24.4 Å². The number of rotatable bonds is 3. The molecule has 0 aromatic carbocycles. The normalized spacial score (nSPS) is 34.2. The minimum Gasteiger partial charge on any atom is -0.790 e. The van der Waals surface area contributed by atoms with Crippen LogP contribution in [0.5, 0.6) is 0 Å². The number of hydrogen-bond donors (Lipinski definition) is 2. The minimum atomic E-state index is -5.19. The molecule has 0 radical (unpaired) electrons. The van der Waals surface area contributed by atoms with Gasteiger partial charge in [-0.15, -0.1) is 6.42 Å². The quantitative estimate of drug-likeness (QED) is 0.318. The minimum absolute atomic E-state index is 0. The van der Waals surface area contributed by atoms with E-state index in [0.29, 0.717) is 0 Å². The molecule has 16 heavy (non-hydrogen) atoms. The van der Waals surface area contributed by atoms with Gasteiger partial charge in [0.25, 0.3) is 0 Å². The molecule has 86 valence electrons. The van der Waals surface area contributed by atoms with Crippen LogP contribution in [0.1, 0.15) is 6.42 Å². The van der Waals surface area contributed by atoms with Gasteiger partial charge in [0.05, 0.1) is 14.4 Å². The molecule has 0 aromatic rings. The van der Waals surface area contributed by atoms with E-state index in [4.69, 9.17) is 16.3 Å². The van der Waals surface area contributed by atoms with Gasteiger partial charge in [-0.1, -0.05) is 5.92 Å². The average Bonchev–Trinajstić information content (AvgIpc) is 2.37. The summed E-state index contributed by atoms with van der Waals surface area (Å²) < 4.78 is 18.9. The van der Waals surface area contributed by atoms with Crippen molar-refractivity contribution >= 4 is 45.6 Å². The Balaban J connectivity index is 0.00000225. The second-order valence-electron chi connectivity index (χ2n) is 3.08. The van der Waals surface area contributed by atoms with Crippen molar-refractivity contribution in [3.63, 3.8) is 0 Å². The molecular formula is C7H9CaO7P. The first-order valence-electron chi connectivity index (χ1n) is 3.97. The number of hydrogen-bond acceptors (Lipinski definition) is 7. The van der Waals surface area contributed by atoms with Gasteiger partial charge in [-0.3, -0.25) is 0 Å². The molecule has 3 atom stereocenters. The average molecular weight is 276 g/mol. The van der Waals surface area contributed by atoms with Gasteiger partial charge in [0.2, 0.25) is 0 Å². The van der Waals surface area contributed by atoms with Crippen LogP contribution in [0.4, 0.5) is 0 Å². The Morgan fingerprint density at radius 2 is 2.19 bits per heavy atom. The smallest absolute Gasteiger partial charge is 0.790 e. The second-order valence-corrected chi connectivity index (χ2v) is 4.23. The van der Waals surface area contributed by atoms with Crippen LogP contribution in [0.2, 0.25) is 0 Å². The first-order valence-corrected chi connectivity index (χ1v) is 5.43. The molecule has 1 aliphatic heterocycles. The van der Waals surface area contributed by atoms with E-state index >= 15 is 0 Å². The second kappa shape index (κ2) is 6.12. The first-order chi connectivity index (χ1) is 6.79. The van der Waals surface area contributed by atoms with Crippen LogP contribution in [-0.4, -0.2) is 72.6 Å². The Morgan fingerprint density at radius 1 is 1.62 bits per heavy atom. The molecule has 0 aliphatic carbocycles. The van der Waals surface area contributed by atoms with Crippen molar-refractivity contribution in [1.29, 1.82) is 0 Å². The van der Waals surface area contributed by atoms with E-state index < -0.39 is 32.4 Å².